The fraction of sp³-hybridized carbons (Fsp3) is 0.667. The highest BCUT2D eigenvalue weighted by molar-refractivity contribution is 5.76. The summed E-state index contributed by atoms with van der Waals surface area (Å²) in [5.41, 5.74) is -1.10. The van der Waals surface area contributed by atoms with E-state index in [-0.39, 0.29) is 11.7 Å². The van der Waals surface area contributed by atoms with E-state index in [1.54, 1.807) is 6.08 Å². The fourth-order valence-electron chi connectivity index (χ4n) is 2.20. The molecule has 98 valence electrons. The fourth-order valence-corrected chi connectivity index (χ4v) is 2.20. The number of Topliss-reactive ketones (excluding diaryl/α,β-unsaturated/α-hetero) is 1. The van der Waals surface area contributed by atoms with E-state index < -0.39 is 5.41 Å². The van der Waals surface area contributed by atoms with Crippen molar-refractivity contribution >= 4 is 5.78 Å². The van der Waals surface area contributed by atoms with E-state index in [2.05, 4.69) is 25.6 Å². The van der Waals surface area contributed by atoms with Crippen LogP contribution in [0, 0.1) is 34.0 Å². The van der Waals surface area contributed by atoms with E-state index in [0.717, 1.165) is 25.7 Å². The summed E-state index contributed by atoms with van der Waals surface area (Å²) in [6.07, 6.45) is 6.08. The van der Waals surface area contributed by atoms with Crippen LogP contribution in [0.3, 0.4) is 0 Å². The van der Waals surface area contributed by atoms with Crippen LogP contribution in [0.25, 0.3) is 0 Å². The Morgan fingerprint density at radius 3 is 2.39 bits per heavy atom. The highest BCUT2D eigenvalue weighted by Gasteiger charge is 2.38. The number of hydrogen-bond acceptors (Lipinski definition) is 3. The molecule has 0 bridgehead atoms. The monoisotopic (exact) mass is 246 g/mol. The van der Waals surface area contributed by atoms with E-state index >= 15 is 0 Å². The molecule has 3 heteroatoms. The van der Waals surface area contributed by atoms with Gasteiger partial charge >= 0.3 is 0 Å². The molecule has 18 heavy (non-hydrogen) atoms. The summed E-state index contributed by atoms with van der Waals surface area (Å²) in [5, 5.41) is 18.6. The topological polar surface area (TPSA) is 64.7 Å². The number of nitriles is 2. The van der Waals surface area contributed by atoms with Crippen LogP contribution in [0.4, 0.5) is 0 Å². The Morgan fingerprint density at radius 1 is 1.39 bits per heavy atom. The van der Waals surface area contributed by atoms with Crippen molar-refractivity contribution in [1.82, 2.24) is 0 Å². The summed E-state index contributed by atoms with van der Waals surface area (Å²) in [7, 11) is 0. The second kappa shape index (κ2) is 8.48. The van der Waals surface area contributed by atoms with E-state index in [9.17, 15) is 15.3 Å². The van der Waals surface area contributed by atoms with Crippen molar-refractivity contribution in [2.75, 3.05) is 0 Å². The Kier molecular flexibility index (Phi) is 7.72. The summed E-state index contributed by atoms with van der Waals surface area (Å²) in [5.74, 6) is -0.148. The first-order valence-corrected chi connectivity index (χ1v) is 6.49. The SMILES string of the molecule is C=CCC(C#N)(C#N)C(CCCCC)CC(C)=O. The molecule has 0 rings (SSSR count). The molecule has 0 saturated heterocycles. The number of ketones is 1. The number of allylic oxidation sites excluding steroid dienone is 1. The lowest BCUT2D eigenvalue weighted by molar-refractivity contribution is -0.118. The highest BCUT2D eigenvalue weighted by atomic mass is 16.1. The van der Waals surface area contributed by atoms with Crippen molar-refractivity contribution in [2.45, 2.75) is 52.4 Å². The maximum Gasteiger partial charge on any atom is 0.150 e. The lowest BCUT2D eigenvalue weighted by Gasteiger charge is -2.27. The number of unbranched alkanes of at least 4 members (excludes halogenated alkanes) is 2. The maximum absolute atomic E-state index is 11.3. The first-order chi connectivity index (χ1) is 8.56. The molecule has 0 aromatic carbocycles. The zero-order valence-corrected chi connectivity index (χ0v) is 11.4. The average molecular weight is 246 g/mol. The van der Waals surface area contributed by atoms with Gasteiger partial charge in [-0.05, 0) is 25.7 Å². The second-order valence-electron chi connectivity index (χ2n) is 4.79. The summed E-state index contributed by atoms with van der Waals surface area (Å²) >= 11 is 0. The molecule has 0 aliphatic carbocycles. The van der Waals surface area contributed by atoms with E-state index in [1.165, 1.54) is 6.92 Å². The van der Waals surface area contributed by atoms with Crippen LogP contribution in [-0.2, 0) is 4.79 Å². The molecule has 0 aromatic heterocycles. The van der Waals surface area contributed by atoms with Crippen LogP contribution in [0.5, 0.6) is 0 Å². The normalized spacial score (nSPS) is 12.2. The Hall–Kier alpha value is -1.61. The van der Waals surface area contributed by atoms with Crippen LogP contribution in [0.2, 0.25) is 0 Å². The summed E-state index contributed by atoms with van der Waals surface area (Å²) in [6, 6.07) is 4.23. The number of hydrogen-bond donors (Lipinski definition) is 0. The minimum atomic E-state index is -1.10. The van der Waals surface area contributed by atoms with Gasteiger partial charge in [-0.2, -0.15) is 10.5 Å². The zero-order valence-electron chi connectivity index (χ0n) is 11.4. The molecule has 0 N–H and O–H groups in total. The molecule has 3 nitrogen and oxygen atoms in total. The maximum atomic E-state index is 11.3. The smallest absolute Gasteiger partial charge is 0.150 e. The standard InChI is InChI=1S/C15H22N2O/c1-4-6-7-8-14(10-13(3)18)15(11-16,12-17)9-5-2/h5,14H,2,4,6-10H2,1,3H3. The van der Waals surface area contributed by atoms with Crippen LogP contribution < -0.4 is 0 Å². The van der Waals surface area contributed by atoms with Gasteiger partial charge in [-0.25, -0.2) is 0 Å². The molecule has 0 spiro atoms. The third kappa shape index (κ3) is 4.72. The molecule has 0 aliphatic rings. The van der Waals surface area contributed by atoms with E-state index in [4.69, 9.17) is 0 Å². The molecule has 1 unspecified atom stereocenters. The Balaban J connectivity index is 4.99. The molecule has 0 radical (unpaired) electrons. The molecule has 0 fully saturated rings. The Morgan fingerprint density at radius 2 is 2.00 bits per heavy atom. The lowest BCUT2D eigenvalue weighted by Crippen LogP contribution is -2.29. The van der Waals surface area contributed by atoms with Crippen molar-refractivity contribution in [3.8, 4) is 12.1 Å². The van der Waals surface area contributed by atoms with Crippen molar-refractivity contribution < 1.29 is 4.79 Å². The van der Waals surface area contributed by atoms with Crippen LogP contribution in [0.1, 0.15) is 52.4 Å². The number of rotatable bonds is 9. The van der Waals surface area contributed by atoms with Crippen LogP contribution in [-0.4, -0.2) is 5.78 Å². The van der Waals surface area contributed by atoms with Gasteiger partial charge in [0.1, 0.15) is 11.2 Å². The third-order valence-corrected chi connectivity index (χ3v) is 3.25. The predicted octanol–water partition coefficient (Wildman–Crippen LogP) is 3.77. The average Bonchev–Trinajstić information content (AvgIpc) is 2.35. The van der Waals surface area contributed by atoms with E-state index in [0.29, 0.717) is 12.8 Å². The van der Waals surface area contributed by atoms with Gasteiger partial charge in [-0.15, -0.1) is 6.58 Å². The minimum absolute atomic E-state index is 0.0374. The molecule has 1 atom stereocenters. The highest BCUT2D eigenvalue weighted by Crippen LogP contribution is 2.37. The first-order valence-electron chi connectivity index (χ1n) is 6.49. The summed E-state index contributed by atoms with van der Waals surface area (Å²) in [6.45, 7) is 7.23. The number of carbonyl (C=O) groups is 1. The molecular weight excluding hydrogens is 224 g/mol. The van der Waals surface area contributed by atoms with Crippen molar-refractivity contribution in [3.05, 3.63) is 12.7 Å². The molecular formula is C15H22N2O. The Labute approximate surface area is 110 Å². The van der Waals surface area contributed by atoms with Gasteiger partial charge in [0.05, 0.1) is 12.1 Å². The van der Waals surface area contributed by atoms with Crippen LogP contribution in [0.15, 0.2) is 12.7 Å². The summed E-state index contributed by atoms with van der Waals surface area (Å²) < 4.78 is 0. The second-order valence-corrected chi connectivity index (χ2v) is 4.79. The van der Waals surface area contributed by atoms with Crippen LogP contribution >= 0.6 is 0 Å². The van der Waals surface area contributed by atoms with Gasteiger partial charge in [0.15, 0.2) is 0 Å². The van der Waals surface area contributed by atoms with Gasteiger partial charge in [0.25, 0.3) is 0 Å². The van der Waals surface area contributed by atoms with E-state index in [1.807, 2.05) is 0 Å². The van der Waals surface area contributed by atoms with Gasteiger partial charge in [-0.3, -0.25) is 0 Å². The van der Waals surface area contributed by atoms with Crippen molar-refractivity contribution in [1.29, 1.82) is 10.5 Å². The number of carbonyl (C=O) groups excluding carboxylic acids is 1. The van der Waals surface area contributed by atoms with Gasteiger partial charge < -0.3 is 4.79 Å². The first kappa shape index (κ1) is 16.4. The number of nitrogens with zero attached hydrogens (tertiary/aromatic N) is 2. The molecule has 0 amide bonds. The molecule has 0 aliphatic heterocycles. The van der Waals surface area contributed by atoms with Gasteiger partial charge in [0.2, 0.25) is 0 Å². The van der Waals surface area contributed by atoms with Crippen molar-refractivity contribution in [3.63, 3.8) is 0 Å². The molecule has 0 saturated carbocycles. The van der Waals surface area contributed by atoms with Crippen molar-refractivity contribution in [2.24, 2.45) is 11.3 Å². The Bertz CT molecular complexity index is 346. The largest absolute Gasteiger partial charge is 0.300 e. The summed E-state index contributed by atoms with van der Waals surface area (Å²) in [4.78, 5) is 11.3. The molecule has 0 aromatic rings. The van der Waals surface area contributed by atoms with Gasteiger partial charge in [0, 0.05) is 6.42 Å². The lowest BCUT2D eigenvalue weighted by atomic mass is 9.71. The zero-order chi connectivity index (χ0) is 14.0. The minimum Gasteiger partial charge on any atom is -0.300 e. The molecule has 0 heterocycles. The van der Waals surface area contributed by atoms with Gasteiger partial charge in [-0.1, -0.05) is 32.3 Å². The predicted molar refractivity (Wildman–Crippen MR) is 71.4 cm³/mol. The quantitative estimate of drug-likeness (QED) is 0.459. The third-order valence-electron chi connectivity index (χ3n) is 3.25.